The van der Waals surface area contributed by atoms with Gasteiger partial charge in [-0.15, -0.1) is 0 Å². The molecule has 0 radical (unpaired) electrons. The molecule has 1 N–H and O–H groups in total. The zero-order valence-electron chi connectivity index (χ0n) is 12.1. The third-order valence-electron chi connectivity index (χ3n) is 3.94. The molecular weight excluding hydrogens is 248 g/mol. The molecule has 3 rings (SSSR count). The second-order valence-electron chi connectivity index (χ2n) is 5.67. The molecule has 2 aromatic rings. The molecule has 0 spiro atoms. The number of aryl methyl sites for hydroxylation is 1. The van der Waals surface area contributed by atoms with Crippen LogP contribution in [0.3, 0.4) is 0 Å². The molecule has 1 unspecified atom stereocenters. The number of hydrogen-bond acceptors (Lipinski definition) is 3. The van der Waals surface area contributed by atoms with Crippen LogP contribution in [-0.2, 0) is 11.3 Å². The number of benzene rings is 1. The minimum absolute atomic E-state index is 0.665. The molecule has 1 aliphatic rings. The SMILES string of the molecule is Cc1cc(COCC2CCCNC2)c2ccccc2n1. The van der Waals surface area contributed by atoms with E-state index in [1.165, 1.54) is 23.8 Å². The summed E-state index contributed by atoms with van der Waals surface area (Å²) in [4.78, 5) is 4.57. The van der Waals surface area contributed by atoms with Crippen molar-refractivity contribution < 1.29 is 4.74 Å². The highest BCUT2D eigenvalue weighted by molar-refractivity contribution is 5.82. The number of rotatable bonds is 4. The van der Waals surface area contributed by atoms with Crippen molar-refractivity contribution in [2.75, 3.05) is 19.7 Å². The second-order valence-corrected chi connectivity index (χ2v) is 5.67. The molecule has 3 nitrogen and oxygen atoms in total. The molecular formula is C17H22N2O. The summed E-state index contributed by atoms with van der Waals surface area (Å²) in [5.74, 6) is 0.665. The van der Waals surface area contributed by atoms with Gasteiger partial charge in [0.25, 0.3) is 0 Å². The molecule has 2 heterocycles. The van der Waals surface area contributed by atoms with Gasteiger partial charge in [-0.2, -0.15) is 0 Å². The van der Waals surface area contributed by atoms with Crippen molar-refractivity contribution in [3.63, 3.8) is 0 Å². The number of pyridine rings is 1. The van der Waals surface area contributed by atoms with Crippen LogP contribution in [0, 0.1) is 12.8 Å². The fourth-order valence-corrected chi connectivity index (χ4v) is 2.92. The average Bonchev–Trinajstić information content (AvgIpc) is 2.48. The Morgan fingerprint density at radius 2 is 2.25 bits per heavy atom. The Kier molecular flexibility index (Phi) is 4.28. The molecule has 1 saturated heterocycles. The van der Waals surface area contributed by atoms with Crippen molar-refractivity contribution in [1.29, 1.82) is 0 Å². The van der Waals surface area contributed by atoms with Crippen LogP contribution in [-0.4, -0.2) is 24.7 Å². The van der Waals surface area contributed by atoms with Gasteiger partial charge in [-0.3, -0.25) is 4.98 Å². The van der Waals surface area contributed by atoms with Crippen molar-refractivity contribution in [1.82, 2.24) is 10.3 Å². The predicted molar refractivity (Wildman–Crippen MR) is 81.7 cm³/mol. The zero-order chi connectivity index (χ0) is 13.8. The maximum absolute atomic E-state index is 5.95. The monoisotopic (exact) mass is 270 g/mol. The summed E-state index contributed by atoms with van der Waals surface area (Å²) in [6, 6.07) is 10.4. The van der Waals surface area contributed by atoms with Crippen LogP contribution < -0.4 is 5.32 Å². The van der Waals surface area contributed by atoms with Crippen LogP contribution in [0.2, 0.25) is 0 Å². The van der Waals surface area contributed by atoms with E-state index in [1.54, 1.807) is 0 Å². The molecule has 1 aromatic heterocycles. The van der Waals surface area contributed by atoms with E-state index in [1.807, 2.05) is 13.0 Å². The number of nitrogens with zero attached hydrogens (tertiary/aromatic N) is 1. The summed E-state index contributed by atoms with van der Waals surface area (Å²) < 4.78 is 5.95. The average molecular weight is 270 g/mol. The summed E-state index contributed by atoms with van der Waals surface area (Å²) >= 11 is 0. The molecule has 106 valence electrons. The van der Waals surface area contributed by atoms with Crippen LogP contribution in [0.1, 0.15) is 24.1 Å². The van der Waals surface area contributed by atoms with E-state index in [0.29, 0.717) is 12.5 Å². The van der Waals surface area contributed by atoms with Gasteiger partial charge in [0, 0.05) is 17.6 Å². The highest BCUT2D eigenvalue weighted by atomic mass is 16.5. The van der Waals surface area contributed by atoms with Crippen LogP contribution in [0.25, 0.3) is 10.9 Å². The Morgan fingerprint density at radius 3 is 3.10 bits per heavy atom. The fourth-order valence-electron chi connectivity index (χ4n) is 2.92. The van der Waals surface area contributed by atoms with Gasteiger partial charge in [-0.1, -0.05) is 18.2 Å². The Morgan fingerprint density at radius 1 is 1.35 bits per heavy atom. The smallest absolute Gasteiger partial charge is 0.0724 e. The van der Waals surface area contributed by atoms with Crippen molar-refractivity contribution >= 4 is 10.9 Å². The molecule has 0 saturated carbocycles. The van der Waals surface area contributed by atoms with E-state index in [0.717, 1.165) is 30.9 Å². The van der Waals surface area contributed by atoms with E-state index < -0.39 is 0 Å². The molecule has 20 heavy (non-hydrogen) atoms. The molecule has 1 aromatic carbocycles. The highest BCUT2D eigenvalue weighted by Gasteiger charge is 2.13. The van der Waals surface area contributed by atoms with Gasteiger partial charge in [0.2, 0.25) is 0 Å². The number of piperidine rings is 1. The lowest BCUT2D eigenvalue weighted by atomic mass is 10.0. The van der Waals surface area contributed by atoms with E-state index in [-0.39, 0.29) is 0 Å². The van der Waals surface area contributed by atoms with Gasteiger partial charge in [0.1, 0.15) is 0 Å². The predicted octanol–water partition coefficient (Wildman–Crippen LogP) is 3.06. The third kappa shape index (κ3) is 3.17. The second kappa shape index (κ2) is 6.33. The number of ether oxygens (including phenoxy) is 1. The Bertz CT molecular complexity index is 576. The lowest BCUT2D eigenvalue weighted by Crippen LogP contribution is -2.32. The van der Waals surface area contributed by atoms with Crippen molar-refractivity contribution in [2.45, 2.75) is 26.4 Å². The number of aromatic nitrogens is 1. The van der Waals surface area contributed by atoms with Gasteiger partial charge in [-0.25, -0.2) is 0 Å². The molecule has 1 atom stereocenters. The van der Waals surface area contributed by atoms with E-state index in [4.69, 9.17) is 4.74 Å². The molecule has 1 fully saturated rings. The number of hydrogen-bond donors (Lipinski definition) is 1. The Labute approximate surface area is 120 Å². The third-order valence-corrected chi connectivity index (χ3v) is 3.94. The fraction of sp³-hybridized carbons (Fsp3) is 0.471. The minimum Gasteiger partial charge on any atom is -0.376 e. The van der Waals surface area contributed by atoms with Crippen LogP contribution in [0.4, 0.5) is 0 Å². The Hall–Kier alpha value is -1.45. The minimum atomic E-state index is 0.665. The van der Waals surface area contributed by atoms with Gasteiger partial charge < -0.3 is 10.1 Å². The maximum Gasteiger partial charge on any atom is 0.0724 e. The first-order chi connectivity index (χ1) is 9.83. The standard InChI is InChI=1S/C17H22N2O/c1-13-9-15(16-6-2-3-7-17(16)19-13)12-20-11-14-5-4-8-18-10-14/h2-3,6-7,9,14,18H,4-5,8,10-12H2,1H3. The number of nitrogens with one attached hydrogen (secondary N) is 1. The summed E-state index contributed by atoms with van der Waals surface area (Å²) in [5.41, 5.74) is 3.36. The Balaban J connectivity index is 1.67. The topological polar surface area (TPSA) is 34.1 Å². The van der Waals surface area contributed by atoms with Crippen molar-refractivity contribution in [3.8, 4) is 0 Å². The van der Waals surface area contributed by atoms with E-state index in [9.17, 15) is 0 Å². The number of para-hydroxylation sites is 1. The molecule has 0 bridgehead atoms. The molecule has 1 aliphatic heterocycles. The quantitative estimate of drug-likeness (QED) is 0.927. The first kappa shape index (κ1) is 13.5. The summed E-state index contributed by atoms with van der Waals surface area (Å²) in [6.45, 7) is 5.82. The van der Waals surface area contributed by atoms with Gasteiger partial charge in [-0.05, 0) is 49.9 Å². The lowest BCUT2D eigenvalue weighted by molar-refractivity contribution is 0.0789. The van der Waals surface area contributed by atoms with Crippen molar-refractivity contribution in [3.05, 3.63) is 41.6 Å². The summed E-state index contributed by atoms with van der Waals surface area (Å²) in [6.07, 6.45) is 2.55. The van der Waals surface area contributed by atoms with Crippen LogP contribution in [0.5, 0.6) is 0 Å². The van der Waals surface area contributed by atoms with E-state index in [2.05, 4.69) is 34.6 Å². The van der Waals surface area contributed by atoms with Gasteiger partial charge >= 0.3 is 0 Å². The summed E-state index contributed by atoms with van der Waals surface area (Å²) in [7, 11) is 0. The highest BCUT2D eigenvalue weighted by Crippen LogP contribution is 2.19. The summed E-state index contributed by atoms with van der Waals surface area (Å²) in [5, 5.41) is 4.64. The molecule has 0 amide bonds. The van der Waals surface area contributed by atoms with Gasteiger partial charge in [0.15, 0.2) is 0 Å². The maximum atomic E-state index is 5.95. The molecule has 3 heteroatoms. The normalized spacial score (nSPS) is 19.4. The van der Waals surface area contributed by atoms with Crippen LogP contribution >= 0.6 is 0 Å². The first-order valence-electron chi connectivity index (χ1n) is 7.46. The molecule has 0 aliphatic carbocycles. The van der Waals surface area contributed by atoms with Crippen LogP contribution in [0.15, 0.2) is 30.3 Å². The zero-order valence-corrected chi connectivity index (χ0v) is 12.1. The lowest BCUT2D eigenvalue weighted by Gasteiger charge is -2.22. The largest absolute Gasteiger partial charge is 0.376 e. The number of fused-ring (bicyclic) bond motifs is 1. The first-order valence-corrected chi connectivity index (χ1v) is 7.46. The van der Waals surface area contributed by atoms with E-state index >= 15 is 0 Å². The van der Waals surface area contributed by atoms with Gasteiger partial charge in [0.05, 0.1) is 18.7 Å². The van der Waals surface area contributed by atoms with Crippen molar-refractivity contribution in [2.24, 2.45) is 5.92 Å².